The minimum atomic E-state index is -0.468. The quantitative estimate of drug-likeness (QED) is 0.159. The Balaban J connectivity index is 0.769. The molecule has 0 saturated carbocycles. The molecule has 4 heteroatoms. The highest BCUT2D eigenvalue weighted by Gasteiger charge is 2.53. The van der Waals surface area contributed by atoms with Crippen LogP contribution in [0, 0.1) is 0 Å². The molecule has 2 spiro atoms. The molecule has 18 aromatic rings. The topological polar surface area (TPSA) is 25.8 Å². The van der Waals surface area contributed by atoms with E-state index in [-0.39, 0.29) is 0 Å². The summed E-state index contributed by atoms with van der Waals surface area (Å²) in [5.41, 5.74) is 34.3. The average Bonchev–Trinajstić information content (AvgIpc) is 1.52. The van der Waals surface area contributed by atoms with Crippen molar-refractivity contribution in [1.82, 2.24) is 9.97 Å². The van der Waals surface area contributed by atoms with E-state index in [1.165, 1.54) is 152 Å². The Morgan fingerprint density at radius 1 is 0.180 bits per heavy atom. The van der Waals surface area contributed by atoms with Crippen LogP contribution in [-0.4, -0.2) is 9.97 Å². The van der Waals surface area contributed by atoms with Gasteiger partial charge in [-0.15, -0.1) is 22.7 Å². The summed E-state index contributed by atoms with van der Waals surface area (Å²) in [6.45, 7) is 0. The number of aromatic nitrogens is 2. The standard InChI is InChI=1S/C96H56N2S2/c1-9-37-79-67(25-1)68-26-2-10-38-80(68)95(79)83-41-13-5-29-71(83)77-51-61(45-47-85(77)95)87-53-63(57-21-17-23-59(49-57)65-33-19-35-75-73-31-7-15-43-91(73)99-93(65)75)55-89(97-87)90-56-64(58-22-18-24-60(50-58)66-34-20-36-76-74-32-8-16-44-92(74)100-94(66)76)54-88(98-90)62-46-48-86-78(52-62)72-30-6-14-42-84(72)96(86)81-39-11-3-27-69(81)70-28-4-12-40-82(70)96/h1-56H. The number of thiophene rings is 2. The zero-order valence-electron chi connectivity index (χ0n) is 54.0. The van der Waals surface area contributed by atoms with Gasteiger partial charge in [0.05, 0.1) is 33.6 Å². The number of hydrogen-bond acceptors (Lipinski definition) is 4. The second-order valence-corrected chi connectivity index (χ2v) is 29.4. The first kappa shape index (κ1) is 55.9. The molecule has 2 nitrogen and oxygen atoms in total. The van der Waals surface area contributed by atoms with Crippen LogP contribution in [0.25, 0.3) is 163 Å². The van der Waals surface area contributed by atoms with Gasteiger partial charge in [0.25, 0.3) is 0 Å². The molecule has 100 heavy (non-hydrogen) atoms. The molecule has 0 fully saturated rings. The summed E-state index contributed by atoms with van der Waals surface area (Å²) in [6.07, 6.45) is 0. The molecule has 0 aliphatic heterocycles. The van der Waals surface area contributed by atoms with Crippen LogP contribution in [0.2, 0.25) is 0 Å². The minimum Gasteiger partial charge on any atom is -0.246 e. The Kier molecular flexibility index (Phi) is 11.8. The Morgan fingerprint density at radius 2 is 0.470 bits per heavy atom. The highest BCUT2D eigenvalue weighted by Crippen LogP contribution is 2.65. The van der Waals surface area contributed by atoms with E-state index in [1.807, 2.05) is 22.7 Å². The van der Waals surface area contributed by atoms with Crippen molar-refractivity contribution in [3.8, 4) is 123 Å². The summed E-state index contributed by atoms with van der Waals surface area (Å²) in [4.78, 5) is 11.8. The zero-order valence-corrected chi connectivity index (χ0v) is 55.7. The first-order valence-corrected chi connectivity index (χ1v) is 36.1. The van der Waals surface area contributed by atoms with Crippen LogP contribution < -0.4 is 0 Å². The van der Waals surface area contributed by atoms with Crippen LogP contribution in [0.4, 0.5) is 0 Å². The Hall–Kier alpha value is -12.2. The summed E-state index contributed by atoms with van der Waals surface area (Å²) in [5, 5.41) is 5.16. The third-order valence-corrected chi connectivity index (χ3v) is 24.8. The number of rotatable bonds is 7. The van der Waals surface area contributed by atoms with Gasteiger partial charge in [-0.2, -0.15) is 0 Å². The molecule has 4 aliphatic rings. The predicted octanol–water partition coefficient (Wildman–Crippen LogP) is 25.6. The smallest absolute Gasteiger partial charge is 0.0900 e. The van der Waals surface area contributed by atoms with E-state index in [4.69, 9.17) is 9.97 Å². The minimum absolute atomic E-state index is 0.468. The summed E-state index contributed by atoms with van der Waals surface area (Å²) >= 11 is 3.75. The van der Waals surface area contributed by atoms with Crippen molar-refractivity contribution in [1.29, 1.82) is 0 Å². The van der Waals surface area contributed by atoms with Crippen LogP contribution >= 0.6 is 22.7 Å². The van der Waals surface area contributed by atoms with Crippen molar-refractivity contribution in [2.24, 2.45) is 0 Å². The number of pyridine rings is 2. The summed E-state index contributed by atoms with van der Waals surface area (Å²) in [5.74, 6) is 0. The largest absolute Gasteiger partial charge is 0.246 e. The lowest BCUT2D eigenvalue weighted by Crippen LogP contribution is -2.25. The molecule has 0 amide bonds. The third-order valence-electron chi connectivity index (χ3n) is 22.3. The highest BCUT2D eigenvalue weighted by atomic mass is 32.1. The van der Waals surface area contributed by atoms with Gasteiger partial charge in [-0.05, 0) is 194 Å². The molecule has 462 valence electrons. The molecular weight excluding hydrogens is 1250 g/mol. The van der Waals surface area contributed by atoms with Crippen LogP contribution in [0.1, 0.15) is 44.5 Å². The maximum Gasteiger partial charge on any atom is 0.0900 e. The Bertz CT molecular complexity index is 6090. The second-order valence-electron chi connectivity index (χ2n) is 27.3. The molecule has 0 unspecified atom stereocenters. The van der Waals surface area contributed by atoms with E-state index in [2.05, 4.69) is 340 Å². The Labute approximate surface area is 586 Å². The van der Waals surface area contributed by atoms with Gasteiger partial charge >= 0.3 is 0 Å². The first-order valence-electron chi connectivity index (χ1n) is 34.5. The van der Waals surface area contributed by atoms with E-state index in [0.29, 0.717) is 0 Å². The predicted molar refractivity (Wildman–Crippen MR) is 418 cm³/mol. The molecule has 0 atom stereocenters. The van der Waals surface area contributed by atoms with E-state index in [9.17, 15) is 0 Å². The van der Waals surface area contributed by atoms with E-state index < -0.39 is 10.8 Å². The van der Waals surface area contributed by atoms with Crippen molar-refractivity contribution in [3.05, 3.63) is 384 Å². The SMILES string of the molecule is c1cc(-c2cc(-c3ccc4c(c3)-c3ccccc3C43c4ccccc4-c4ccccc43)nc(-c3cc(-c4cccc(-c5cccc6c5sc5ccccc56)c4)cc(-c4ccc5c(c4)-c4ccccc4C54c5ccccc5-c5ccccc54)n3)c2)cc(-c2cccc3c2sc2ccccc23)c1. The Morgan fingerprint density at radius 3 is 0.860 bits per heavy atom. The van der Waals surface area contributed by atoms with E-state index >= 15 is 0 Å². The molecule has 0 saturated heterocycles. The average molecular weight is 1300 g/mol. The third kappa shape index (κ3) is 7.77. The van der Waals surface area contributed by atoms with Gasteiger partial charge in [-0.1, -0.05) is 279 Å². The van der Waals surface area contributed by atoms with Gasteiger partial charge in [0.15, 0.2) is 0 Å². The van der Waals surface area contributed by atoms with Gasteiger partial charge in [-0.25, -0.2) is 9.97 Å². The maximum absolute atomic E-state index is 5.90. The molecule has 0 N–H and O–H groups in total. The molecule has 0 radical (unpaired) electrons. The summed E-state index contributed by atoms with van der Waals surface area (Å²) in [7, 11) is 0. The number of benzene rings is 14. The molecule has 22 rings (SSSR count). The molecule has 4 aromatic heterocycles. The van der Waals surface area contributed by atoms with E-state index in [1.54, 1.807) is 0 Å². The summed E-state index contributed by atoms with van der Waals surface area (Å²) in [6, 6.07) is 127. The highest BCUT2D eigenvalue weighted by molar-refractivity contribution is 7.26. The van der Waals surface area contributed by atoms with Crippen molar-refractivity contribution >= 4 is 63.0 Å². The first-order chi connectivity index (χ1) is 49.5. The van der Waals surface area contributed by atoms with Crippen molar-refractivity contribution in [2.75, 3.05) is 0 Å². The monoisotopic (exact) mass is 1300 g/mol. The van der Waals surface area contributed by atoms with Gasteiger partial charge < -0.3 is 0 Å². The van der Waals surface area contributed by atoms with Crippen LogP contribution in [0.15, 0.2) is 340 Å². The van der Waals surface area contributed by atoms with Crippen molar-refractivity contribution in [2.45, 2.75) is 10.8 Å². The lowest BCUT2D eigenvalue weighted by molar-refractivity contribution is 0.794. The lowest BCUT2D eigenvalue weighted by atomic mass is 9.70. The van der Waals surface area contributed by atoms with Crippen LogP contribution in [-0.2, 0) is 10.8 Å². The lowest BCUT2D eigenvalue weighted by Gasteiger charge is -2.30. The maximum atomic E-state index is 5.90. The second kappa shape index (κ2) is 21.2. The molecule has 14 aromatic carbocycles. The van der Waals surface area contributed by atoms with Gasteiger partial charge in [0, 0.05) is 51.5 Å². The fraction of sp³-hybridized carbons (Fsp3) is 0.0208. The fourth-order valence-corrected chi connectivity index (χ4v) is 20.6. The van der Waals surface area contributed by atoms with Crippen molar-refractivity contribution in [3.63, 3.8) is 0 Å². The number of hydrogen-bond donors (Lipinski definition) is 0. The number of fused-ring (bicyclic) bond motifs is 26. The van der Waals surface area contributed by atoms with Gasteiger partial charge in [-0.3, -0.25) is 0 Å². The van der Waals surface area contributed by atoms with Crippen molar-refractivity contribution < 1.29 is 0 Å². The molecular formula is C96H56N2S2. The van der Waals surface area contributed by atoms with Crippen LogP contribution in [0.5, 0.6) is 0 Å². The van der Waals surface area contributed by atoms with Crippen LogP contribution in [0.3, 0.4) is 0 Å². The fourth-order valence-electron chi connectivity index (χ4n) is 18.2. The van der Waals surface area contributed by atoms with E-state index in [0.717, 1.165) is 56.2 Å². The van der Waals surface area contributed by atoms with Gasteiger partial charge in [0.1, 0.15) is 0 Å². The zero-order chi connectivity index (χ0) is 65.4. The molecule has 0 bridgehead atoms. The molecule has 4 heterocycles. The van der Waals surface area contributed by atoms with Gasteiger partial charge in [0.2, 0.25) is 0 Å². The normalized spacial score (nSPS) is 13.6. The number of nitrogens with zero attached hydrogens (tertiary/aromatic N) is 2. The summed E-state index contributed by atoms with van der Waals surface area (Å²) < 4.78 is 5.17. The molecule has 4 aliphatic carbocycles.